The lowest BCUT2D eigenvalue weighted by Gasteiger charge is -2.37. The average molecular weight is 425 g/mol. The number of nitrogens with zero attached hydrogens (tertiary/aromatic N) is 2. The van der Waals surface area contributed by atoms with Crippen LogP contribution in [0.3, 0.4) is 0 Å². The summed E-state index contributed by atoms with van der Waals surface area (Å²) in [6.45, 7) is 5.78. The van der Waals surface area contributed by atoms with Gasteiger partial charge in [-0.05, 0) is 55.3 Å². The van der Waals surface area contributed by atoms with Gasteiger partial charge in [0.15, 0.2) is 0 Å². The maximum absolute atomic E-state index is 12.3. The first-order chi connectivity index (χ1) is 15.1. The van der Waals surface area contributed by atoms with Crippen molar-refractivity contribution in [2.24, 2.45) is 5.92 Å². The number of ether oxygens (including phenoxy) is 3. The molecule has 1 fully saturated rings. The van der Waals surface area contributed by atoms with Crippen molar-refractivity contribution in [2.75, 3.05) is 33.9 Å². The summed E-state index contributed by atoms with van der Waals surface area (Å²) in [5, 5.41) is 0. The number of benzene rings is 2. The molecular formula is C25H32N2O4. The van der Waals surface area contributed by atoms with E-state index in [-0.39, 0.29) is 12.0 Å². The summed E-state index contributed by atoms with van der Waals surface area (Å²) in [7, 11) is 3.35. The molecule has 6 nitrogen and oxygen atoms in total. The third-order valence-electron chi connectivity index (χ3n) is 6.39. The van der Waals surface area contributed by atoms with Crippen LogP contribution in [0.2, 0.25) is 0 Å². The van der Waals surface area contributed by atoms with Gasteiger partial charge in [-0.25, -0.2) is 0 Å². The van der Waals surface area contributed by atoms with Crippen LogP contribution in [-0.2, 0) is 17.9 Å². The van der Waals surface area contributed by atoms with Crippen molar-refractivity contribution >= 4 is 5.91 Å². The smallest absolute Gasteiger partial charge is 0.219 e. The quantitative estimate of drug-likeness (QED) is 0.732. The monoisotopic (exact) mass is 424 g/mol. The fraction of sp³-hybridized carbons (Fsp3) is 0.480. The van der Waals surface area contributed by atoms with Crippen LogP contribution in [0.4, 0.5) is 0 Å². The van der Waals surface area contributed by atoms with Crippen LogP contribution in [0, 0.1) is 5.92 Å². The molecule has 0 bridgehead atoms. The second kappa shape index (κ2) is 9.60. The molecule has 2 aliphatic rings. The molecule has 0 unspecified atom stereocenters. The zero-order valence-electron chi connectivity index (χ0n) is 18.7. The van der Waals surface area contributed by atoms with E-state index in [0.29, 0.717) is 19.0 Å². The number of hydrogen-bond acceptors (Lipinski definition) is 5. The van der Waals surface area contributed by atoms with E-state index in [0.717, 1.165) is 55.3 Å². The molecule has 0 aromatic heterocycles. The van der Waals surface area contributed by atoms with Gasteiger partial charge < -0.3 is 19.1 Å². The molecule has 31 heavy (non-hydrogen) atoms. The van der Waals surface area contributed by atoms with Gasteiger partial charge in [0.05, 0.1) is 20.8 Å². The predicted octanol–water partition coefficient (Wildman–Crippen LogP) is 3.73. The molecular weight excluding hydrogens is 392 g/mol. The maximum Gasteiger partial charge on any atom is 0.219 e. The molecule has 166 valence electrons. The fourth-order valence-corrected chi connectivity index (χ4v) is 4.62. The number of rotatable bonds is 5. The van der Waals surface area contributed by atoms with Gasteiger partial charge in [-0.2, -0.15) is 0 Å². The summed E-state index contributed by atoms with van der Waals surface area (Å²) in [6.07, 6.45) is 2.23. The van der Waals surface area contributed by atoms with Crippen LogP contribution in [-0.4, -0.2) is 55.7 Å². The molecule has 1 saturated heterocycles. The van der Waals surface area contributed by atoms with Gasteiger partial charge in [0.25, 0.3) is 0 Å². The SMILES string of the molecule is COc1ccc(CN2CCC[C@@H]([C@H]3CN(C(C)=O)Cc4cc(OC)ccc4O3)C2)cc1. The van der Waals surface area contributed by atoms with Gasteiger partial charge in [-0.15, -0.1) is 0 Å². The second-order valence-corrected chi connectivity index (χ2v) is 8.51. The second-order valence-electron chi connectivity index (χ2n) is 8.51. The lowest BCUT2D eigenvalue weighted by atomic mass is 9.91. The minimum Gasteiger partial charge on any atom is -0.497 e. The zero-order chi connectivity index (χ0) is 21.8. The Bertz CT molecular complexity index is 899. The molecule has 6 heteroatoms. The molecule has 2 aliphatic heterocycles. The highest BCUT2D eigenvalue weighted by Gasteiger charge is 2.33. The third-order valence-corrected chi connectivity index (χ3v) is 6.39. The van der Waals surface area contributed by atoms with Crippen molar-refractivity contribution in [2.45, 2.75) is 39.0 Å². The minimum atomic E-state index is -0.0165. The molecule has 0 aliphatic carbocycles. The lowest BCUT2D eigenvalue weighted by molar-refractivity contribution is -0.130. The van der Waals surface area contributed by atoms with E-state index in [9.17, 15) is 4.79 Å². The fourth-order valence-electron chi connectivity index (χ4n) is 4.62. The maximum atomic E-state index is 12.3. The summed E-state index contributed by atoms with van der Waals surface area (Å²) in [5.74, 6) is 2.98. The number of amides is 1. The van der Waals surface area contributed by atoms with Crippen molar-refractivity contribution in [3.05, 3.63) is 53.6 Å². The highest BCUT2D eigenvalue weighted by molar-refractivity contribution is 5.73. The van der Waals surface area contributed by atoms with Crippen LogP contribution in [0.15, 0.2) is 42.5 Å². The molecule has 0 saturated carbocycles. The van der Waals surface area contributed by atoms with Crippen molar-refractivity contribution in [3.8, 4) is 17.2 Å². The van der Waals surface area contributed by atoms with Gasteiger partial charge in [0, 0.05) is 38.0 Å². The van der Waals surface area contributed by atoms with Crippen LogP contribution in [0.1, 0.15) is 30.9 Å². The number of piperidine rings is 1. The first-order valence-corrected chi connectivity index (χ1v) is 11.0. The van der Waals surface area contributed by atoms with Crippen molar-refractivity contribution in [1.29, 1.82) is 0 Å². The van der Waals surface area contributed by atoms with E-state index >= 15 is 0 Å². The molecule has 2 aromatic carbocycles. The number of fused-ring (bicyclic) bond motifs is 1. The molecule has 0 N–H and O–H groups in total. The van der Waals surface area contributed by atoms with Crippen LogP contribution in [0.5, 0.6) is 17.2 Å². The standard InChI is InChI=1S/C25H32N2O4/c1-18(28)27-16-21-13-23(30-3)10-11-24(21)31-25(17-27)20-5-4-12-26(15-20)14-19-6-8-22(29-2)9-7-19/h6-11,13,20,25H,4-5,12,14-17H2,1-3H3/t20-,25-/m1/s1. The molecule has 2 aromatic rings. The van der Waals surface area contributed by atoms with E-state index < -0.39 is 0 Å². The van der Waals surface area contributed by atoms with E-state index in [1.807, 2.05) is 35.2 Å². The average Bonchev–Trinajstić information content (AvgIpc) is 2.99. The topological polar surface area (TPSA) is 51.2 Å². The Kier molecular flexibility index (Phi) is 6.66. The highest BCUT2D eigenvalue weighted by atomic mass is 16.5. The van der Waals surface area contributed by atoms with Gasteiger partial charge in [-0.1, -0.05) is 12.1 Å². The van der Waals surface area contributed by atoms with E-state index in [2.05, 4.69) is 17.0 Å². The van der Waals surface area contributed by atoms with Gasteiger partial charge in [0.1, 0.15) is 23.4 Å². The van der Waals surface area contributed by atoms with E-state index in [4.69, 9.17) is 14.2 Å². The Morgan fingerprint density at radius 1 is 1.06 bits per heavy atom. The first kappa shape index (κ1) is 21.5. The van der Waals surface area contributed by atoms with Crippen LogP contribution in [0.25, 0.3) is 0 Å². The summed E-state index contributed by atoms with van der Waals surface area (Å²) >= 11 is 0. The Balaban J connectivity index is 1.48. The van der Waals surface area contributed by atoms with Crippen LogP contribution >= 0.6 is 0 Å². The summed E-state index contributed by atoms with van der Waals surface area (Å²) in [4.78, 5) is 16.7. The number of carbonyl (C=O) groups is 1. The van der Waals surface area contributed by atoms with Crippen molar-refractivity contribution in [1.82, 2.24) is 9.80 Å². The molecule has 0 spiro atoms. The molecule has 1 amide bonds. The Morgan fingerprint density at radius 2 is 1.81 bits per heavy atom. The zero-order valence-corrected chi connectivity index (χ0v) is 18.7. The summed E-state index contributed by atoms with van der Waals surface area (Å²) in [5.41, 5.74) is 2.29. The molecule has 2 atom stereocenters. The van der Waals surface area contributed by atoms with Gasteiger partial charge in [0.2, 0.25) is 5.91 Å². The summed E-state index contributed by atoms with van der Waals surface area (Å²) < 4.78 is 17.2. The number of hydrogen-bond donors (Lipinski definition) is 0. The van der Waals surface area contributed by atoms with E-state index in [1.54, 1.807) is 21.1 Å². The van der Waals surface area contributed by atoms with Crippen LogP contribution < -0.4 is 14.2 Å². The predicted molar refractivity (Wildman–Crippen MR) is 119 cm³/mol. The number of carbonyl (C=O) groups excluding carboxylic acids is 1. The minimum absolute atomic E-state index is 0.0165. The Hall–Kier alpha value is -2.73. The molecule has 2 heterocycles. The van der Waals surface area contributed by atoms with Crippen molar-refractivity contribution in [3.63, 3.8) is 0 Å². The Morgan fingerprint density at radius 3 is 2.52 bits per heavy atom. The Labute approximate surface area is 184 Å². The number of methoxy groups -OCH3 is 2. The third kappa shape index (κ3) is 5.13. The first-order valence-electron chi connectivity index (χ1n) is 11.0. The molecule has 4 rings (SSSR count). The van der Waals surface area contributed by atoms with Gasteiger partial charge >= 0.3 is 0 Å². The summed E-state index contributed by atoms with van der Waals surface area (Å²) in [6, 6.07) is 14.2. The largest absolute Gasteiger partial charge is 0.497 e. The van der Waals surface area contributed by atoms with E-state index in [1.165, 1.54) is 5.56 Å². The molecule has 0 radical (unpaired) electrons. The number of likely N-dealkylation sites (tertiary alicyclic amines) is 1. The van der Waals surface area contributed by atoms with Gasteiger partial charge in [-0.3, -0.25) is 9.69 Å². The normalized spacial score (nSPS) is 21.6. The lowest BCUT2D eigenvalue weighted by Crippen LogP contribution is -2.46. The highest BCUT2D eigenvalue weighted by Crippen LogP contribution is 2.33. The van der Waals surface area contributed by atoms with Crippen molar-refractivity contribution < 1.29 is 19.0 Å².